The largest absolute Gasteiger partial charge is 0.508 e. The van der Waals surface area contributed by atoms with E-state index in [1.165, 1.54) is 63.5 Å². The fraction of sp³-hybridized carbons (Fsp3) is 0.467. The fourth-order valence-corrected chi connectivity index (χ4v) is 4.25. The van der Waals surface area contributed by atoms with Gasteiger partial charge in [-0.05, 0) is 30.7 Å². The summed E-state index contributed by atoms with van der Waals surface area (Å²) in [5.41, 5.74) is 0.526. The van der Waals surface area contributed by atoms with Crippen LogP contribution in [0.5, 0.6) is 11.5 Å². The number of hydrogen-bond donors (Lipinski definition) is 1. The first kappa shape index (κ1) is 27.3. The molecular formula is C30H38O6. The van der Waals surface area contributed by atoms with Crippen molar-refractivity contribution in [1.82, 2.24) is 0 Å². The number of carbonyl (C=O) groups excluding carboxylic acids is 1. The van der Waals surface area contributed by atoms with E-state index in [4.69, 9.17) is 13.9 Å². The second-order valence-corrected chi connectivity index (χ2v) is 9.20. The number of ether oxygens (including phenoxy) is 2. The number of benzene rings is 2. The summed E-state index contributed by atoms with van der Waals surface area (Å²) in [7, 11) is 0. The highest BCUT2D eigenvalue weighted by Gasteiger charge is 2.18. The van der Waals surface area contributed by atoms with Crippen LogP contribution in [-0.4, -0.2) is 17.9 Å². The average molecular weight is 495 g/mol. The summed E-state index contributed by atoms with van der Waals surface area (Å²) in [5.74, 6) is -0.194. The molecule has 194 valence electrons. The van der Waals surface area contributed by atoms with Gasteiger partial charge >= 0.3 is 5.97 Å². The van der Waals surface area contributed by atoms with E-state index in [1.54, 1.807) is 36.4 Å². The van der Waals surface area contributed by atoms with Crippen molar-refractivity contribution in [1.29, 1.82) is 0 Å². The number of phenolic OH excluding ortho intramolecular Hbond substituents is 1. The molecule has 0 fully saturated rings. The van der Waals surface area contributed by atoms with E-state index in [0.717, 1.165) is 19.3 Å². The normalized spacial score (nSPS) is 11.0. The van der Waals surface area contributed by atoms with Gasteiger partial charge in [-0.2, -0.15) is 0 Å². The van der Waals surface area contributed by atoms with Crippen molar-refractivity contribution >= 4 is 16.9 Å². The van der Waals surface area contributed by atoms with Gasteiger partial charge in [0.1, 0.15) is 11.3 Å². The number of aromatic hydroxyl groups is 1. The van der Waals surface area contributed by atoms with Crippen molar-refractivity contribution in [3.8, 4) is 22.8 Å². The number of unbranched alkanes of at least 4 members (excludes halogenated alkanes) is 10. The molecule has 1 aromatic heterocycles. The highest BCUT2D eigenvalue weighted by atomic mass is 16.7. The Hall–Kier alpha value is -3.28. The zero-order chi connectivity index (χ0) is 25.6. The average Bonchev–Trinajstić information content (AvgIpc) is 2.88. The zero-order valence-corrected chi connectivity index (χ0v) is 21.3. The predicted molar refractivity (Wildman–Crippen MR) is 142 cm³/mol. The Morgan fingerprint density at radius 2 is 1.53 bits per heavy atom. The molecule has 1 N–H and O–H groups in total. The Morgan fingerprint density at radius 3 is 2.22 bits per heavy atom. The molecule has 2 aromatic carbocycles. The van der Waals surface area contributed by atoms with Crippen LogP contribution in [0.15, 0.2) is 57.7 Å². The molecule has 0 spiro atoms. The van der Waals surface area contributed by atoms with Gasteiger partial charge in [-0.15, -0.1) is 0 Å². The number of phenols is 1. The second-order valence-electron chi connectivity index (χ2n) is 9.20. The lowest BCUT2D eigenvalue weighted by Gasteiger charge is -2.12. The smallest absolute Gasteiger partial charge is 0.308 e. The minimum Gasteiger partial charge on any atom is -0.508 e. The number of esters is 1. The highest BCUT2D eigenvalue weighted by molar-refractivity contribution is 5.82. The molecule has 3 rings (SSSR count). The number of carbonyl (C=O) groups is 1. The summed E-state index contributed by atoms with van der Waals surface area (Å²) in [6, 6.07) is 13.2. The van der Waals surface area contributed by atoms with Gasteiger partial charge in [0.2, 0.25) is 18.0 Å². The summed E-state index contributed by atoms with van der Waals surface area (Å²) in [6.45, 7) is 1.85. The molecule has 0 atom stereocenters. The zero-order valence-electron chi connectivity index (χ0n) is 21.3. The number of hydrogen-bond acceptors (Lipinski definition) is 6. The molecule has 0 aliphatic carbocycles. The Balaban J connectivity index is 1.45. The summed E-state index contributed by atoms with van der Waals surface area (Å²) >= 11 is 0. The van der Waals surface area contributed by atoms with Crippen LogP contribution in [0.25, 0.3) is 22.3 Å². The van der Waals surface area contributed by atoms with Crippen LogP contribution in [-0.2, 0) is 9.53 Å². The van der Waals surface area contributed by atoms with Crippen LogP contribution in [0.4, 0.5) is 0 Å². The fourth-order valence-electron chi connectivity index (χ4n) is 4.25. The van der Waals surface area contributed by atoms with E-state index < -0.39 is 0 Å². The van der Waals surface area contributed by atoms with Gasteiger partial charge in [0.25, 0.3) is 0 Å². The Morgan fingerprint density at radius 1 is 0.861 bits per heavy atom. The topological polar surface area (TPSA) is 86.0 Å². The maximum Gasteiger partial charge on any atom is 0.308 e. The van der Waals surface area contributed by atoms with Crippen molar-refractivity contribution in [3.63, 3.8) is 0 Å². The summed E-state index contributed by atoms with van der Waals surface area (Å²) < 4.78 is 16.8. The van der Waals surface area contributed by atoms with E-state index >= 15 is 0 Å². The van der Waals surface area contributed by atoms with E-state index in [2.05, 4.69) is 6.92 Å². The standard InChI is InChI=1S/C30H38O6/c1-2-3-4-5-6-7-8-9-10-11-12-20-27(32)34-22-35-30-28(33)25-18-13-14-19-26(25)36-29(30)23-16-15-17-24(31)21-23/h13-19,21,31H,2-12,20,22H2,1H3. The number of para-hydroxylation sites is 1. The van der Waals surface area contributed by atoms with Crippen molar-refractivity contribution < 1.29 is 23.8 Å². The maximum atomic E-state index is 13.1. The van der Waals surface area contributed by atoms with Crippen molar-refractivity contribution in [2.45, 2.75) is 84.0 Å². The lowest BCUT2D eigenvalue weighted by Crippen LogP contribution is -2.15. The maximum absolute atomic E-state index is 13.1. The predicted octanol–water partition coefficient (Wildman–Crippen LogP) is 7.75. The summed E-state index contributed by atoms with van der Waals surface area (Å²) in [4.78, 5) is 25.2. The van der Waals surface area contributed by atoms with Crippen molar-refractivity contribution in [2.75, 3.05) is 6.79 Å². The molecule has 0 saturated carbocycles. The van der Waals surface area contributed by atoms with Gasteiger partial charge in [-0.3, -0.25) is 9.59 Å². The molecule has 0 unspecified atom stereocenters. The molecule has 0 aliphatic heterocycles. The molecule has 0 saturated heterocycles. The molecule has 1 heterocycles. The molecule has 0 amide bonds. The molecule has 36 heavy (non-hydrogen) atoms. The first-order valence-corrected chi connectivity index (χ1v) is 13.2. The van der Waals surface area contributed by atoms with Gasteiger partial charge in [-0.1, -0.05) is 95.4 Å². The van der Waals surface area contributed by atoms with Gasteiger partial charge in [0.05, 0.1) is 5.39 Å². The molecule has 0 aliphatic rings. The Labute approximate surface area is 213 Å². The first-order chi connectivity index (χ1) is 17.6. The van der Waals surface area contributed by atoms with Crippen LogP contribution < -0.4 is 10.2 Å². The van der Waals surface area contributed by atoms with Crippen LogP contribution in [0.2, 0.25) is 0 Å². The van der Waals surface area contributed by atoms with Crippen molar-refractivity contribution in [2.24, 2.45) is 0 Å². The van der Waals surface area contributed by atoms with Crippen LogP contribution in [0.3, 0.4) is 0 Å². The van der Waals surface area contributed by atoms with E-state index in [1.807, 2.05) is 0 Å². The third kappa shape index (κ3) is 8.43. The minimum atomic E-state index is -0.383. The number of rotatable bonds is 16. The summed E-state index contributed by atoms with van der Waals surface area (Å²) in [6.07, 6.45) is 13.7. The molecule has 6 nitrogen and oxygen atoms in total. The van der Waals surface area contributed by atoms with Crippen LogP contribution in [0.1, 0.15) is 84.0 Å². The van der Waals surface area contributed by atoms with Gasteiger partial charge in [0.15, 0.2) is 5.76 Å². The Kier molecular flexibility index (Phi) is 11.4. The quantitative estimate of drug-likeness (QED) is 0.124. The van der Waals surface area contributed by atoms with E-state index in [-0.39, 0.29) is 35.5 Å². The second kappa shape index (κ2) is 15.0. The van der Waals surface area contributed by atoms with Gasteiger partial charge in [0, 0.05) is 12.0 Å². The van der Waals surface area contributed by atoms with Crippen LogP contribution >= 0.6 is 0 Å². The number of fused-ring (bicyclic) bond motifs is 1. The molecule has 3 aromatic rings. The molecule has 0 radical (unpaired) electrons. The lowest BCUT2D eigenvalue weighted by atomic mass is 10.1. The van der Waals surface area contributed by atoms with E-state index in [0.29, 0.717) is 23.0 Å². The summed E-state index contributed by atoms with van der Waals surface area (Å²) in [5, 5.41) is 10.2. The third-order valence-electron chi connectivity index (χ3n) is 6.27. The lowest BCUT2D eigenvalue weighted by molar-refractivity contribution is -0.150. The van der Waals surface area contributed by atoms with Crippen LogP contribution in [0, 0.1) is 0 Å². The first-order valence-electron chi connectivity index (χ1n) is 13.2. The molecule has 0 bridgehead atoms. The van der Waals surface area contributed by atoms with E-state index in [9.17, 15) is 14.7 Å². The monoisotopic (exact) mass is 494 g/mol. The SMILES string of the molecule is CCCCCCCCCCCCCC(=O)OCOc1c(-c2cccc(O)c2)oc2ccccc2c1=O. The Bertz CT molecular complexity index is 1150. The molecular weight excluding hydrogens is 456 g/mol. The minimum absolute atomic E-state index is 0.0349. The van der Waals surface area contributed by atoms with Gasteiger partial charge in [-0.25, -0.2) is 0 Å². The van der Waals surface area contributed by atoms with Gasteiger partial charge < -0.3 is 19.0 Å². The molecule has 6 heteroatoms. The highest BCUT2D eigenvalue weighted by Crippen LogP contribution is 2.32. The van der Waals surface area contributed by atoms with Crippen molar-refractivity contribution in [3.05, 3.63) is 58.8 Å². The third-order valence-corrected chi connectivity index (χ3v) is 6.27.